The molecule has 0 rings (SSSR count). The topological polar surface area (TPSA) is 134 Å². The van der Waals surface area contributed by atoms with Crippen molar-refractivity contribution in [3.05, 3.63) is 24.3 Å². The minimum absolute atomic E-state index is 0.0520. The van der Waals surface area contributed by atoms with Gasteiger partial charge in [-0.25, -0.2) is 4.57 Å². The van der Waals surface area contributed by atoms with Crippen molar-refractivity contribution in [1.29, 1.82) is 0 Å². The van der Waals surface area contributed by atoms with E-state index in [-0.39, 0.29) is 38.6 Å². The third kappa shape index (κ3) is 32.2. The first-order valence-electron chi connectivity index (χ1n) is 17.8. The van der Waals surface area contributed by atoms with Crippen LogP contribution in [0.15, 0.2) is 24.3 Å². The van der Waals surface area contributed by atoms with E-state index in [0.29, 0.717) is 6.42 Å². The number of hydrogen-bond acceptors (Lipinski definition) is 8. The minimum atomic E-state index is -4.37. The van der Waals surface area contributed by atoms with Crippen molar-refractivity contribution in [2.24, 2.45) is 5.73 Å². The Morgan fingerprint density at radius 3 is 1.76 bits per heavy atom. The van der Waals surface area contributed by atoms with Gasteiger partial charge >= 0.3 is 19.8 Å². The number of ether oxygens (including phenoxy) is 2. The molecule has 0 radical (unpaired) electrons. The Kier molecular flexibility index (Phi) is 31.3. The average Bonchev–Trinajstić information content (AvgIpc) is 3.02. The Labute approximate surface area is 274 Å². The summed E-state index contributed by atoms with van der Waals surface area (Å²) in [5.74, 6) is -0.847. The first-order valence-corrected chi connectivity index (χ1v) is 19.3. The number of phosphoric acid groups is 1. The van der Waals surface area contributed by atoms with Gasteiger partial charge in [-0.2, -0.15) is 0 Å². The van der Waals surface area contributed by atoms with Crippen LogP contribution >= 0.6 is 7.82 Å². The molecule has 0 saturated carbocycles. The largest absolute Gasteiger partial charge is 0.472 e. The molecular weight excluding hydrogens is 593 g/mol. The zero-order valence-electron chi connectivity index (χ0n) is 28.6. The van der Waals surface area contributed by atoms with Crippen molar-refractivity contribution in [1.82, 2.24) is 0 Å². The lowest BCUT2D eigenvalue weighted by molar-refractivity contribution is -0.161. The van der Waals surface area contributed by atoms with E-state index in [1.54, 1.807) is 0 Å². The van der Waals surface area contributed by atoms with E-state index in [4.69, 9.17) is 24.3 Å². The van der Waals surface area contributed by atoms with Gasteiger partial charge in [0, 0.05) is 19.4 Å². The fourth-order valence-electron chi connectivity index (χ4n) is 4.65. The van der Waals surface area contributed by atoms with Crippen LogP contribution in [0.2, 0.25) is 0 Å². The van der Waals surface area contributed by atoms with Gasteiger partial charge in [-0.1, -0.05) is 128 Å². The predicted molar refractivity (Wildman–Crippen MR) is 183 cm³/mol. The van der Waals surface area contributed by atoms with Crippen LogP contribution in [0.4, 0.5) is 0 Å². The SMILES string of the molecule is CCCC/C=C/C/C=C/CCCCCCCC(=O)O[C@H](COC(=O)CCCCCCCCCCCC)COP(=O)(O)OCCN. The van der Waals surface area contributed by atoms with E-state index in [9.17, 15) is 19.0 Å². The third-order valence-electron chi connectivity index (χ3n) is 7.34. The number of esters is 2. The summed E-state index contributed by atoms with van der Waals surface area (Å²) in [6.45, 7) is 3.64. The quantitative estimate of drug-likeness (QED) is 0.0306. The average molecular weight is 660 g/mol. The van der Waals surface area contributed by atoms with Crippen molar-refractivity contribution >= 4 is 19.8 Å². The number of carbonyl (C=O) groups is 2. The second kappa shape index (κ2) is 32.4. The molecule has 0 aromatic heterocycles. The van der Waals surface area contributed by atoms with Crippen molar-refractivity contribution in [3.8, 4) is 0 Å². The molecule has 264 valence electrons. The highest BCUT2D eigenvalue weighted by atomic mass is 31.2. The van der Waals surface area contributed by atoms with Crippen molar-refractivity contribution in [3.63, 3.8) is 0 Å². The first-order chi connectivity index (χ1) is 21.8. The van der Waals surface area contributed by atoms with Gasteiger partial charge in [0.1, 0.15) is 6.61 Å². The highest BCUT2D eigenvalue weighted by Crippen LogP contribution is 2.43. The van der Waals surface area contributed by atoms with Gasteiger partial charge in [-0.05, 0) is 38.5 Å². The summed E-state index contributed by atoms with van der Waals surface area (Å²) in [6, 6.07) is 0. The number of nitrogens with two attached hydrogens (primary N) is 1. The van der Waals surface area contributed by atoms with Crippen molar-refractivity contribution < 1.29 is 37.6 Å². The fourth-order valence-corrected chi connectivity index (χ4v) is 5.41. The number of unbranched alkanes of at least 4 members (excludes halogenated alkanes) is 16. The van der Waals surface area contributed by atoms with Gasteiger partial charge in [0.15, 0.2) is 6.10 Å². The maximum absolute atomic E-state index is 12.5. The molecule has 0 amide bonds. The molecule has 0 aliphatic rings. The zero-order chi connectivity index (χ0) is 33.3. The summed E-state index contributed by atoms with van der Waals surface area (Å²) in [5, 5.41) is 0. The second-order valence-electron chi connectivity index (χ2n) is 11.7. The molecular formula is C35H66NO8P. The van der Waals surface area contributed by atoms with E-state index >= 15 is 0 Å². The molecule has 0 aliphatic heterocycles. The molecule has 45 heavy (non-hydrogen) atoms. The zero-order valence-corrected chi connectivity index (χ0v) is 29.5. The van der Waals surface area contributed by atoms with Crippen molar-refractivity contribution in [2.45, 2.75) is 161 Å². The fraction of sp³-hybridized carbons (Fsp3) is 0.829. The summed E-state index contributed by atoms with van der Waals surface area (Å²) < 4.78 is 32.5. The molecule has 10 heteroatoms. The summed E-state index contributed by atoms with van der Waals surface area (Å²) in [5.41, 5.74) is 5.32. The lowest BCUT2D eigenvalue weighted by Gasteiger charge is -2.19. The number of phosphoric ester groups is 1. The Hall–Kier alpha value is -1.51. The van der Waals surface area contributed by atoms with Gasteiger partial charge < -0.3 is 20.1 Å². The summed E-state index contributed by atoms with van der Waals surface area (Å²) >= 11 is 0. The number of rotatable bonds is 33. The van der Waals surface area contributed by atoms with E-state index < -0.39 is 26.5 Å². The lowest BCUT2D eigenvalue weighted by atomic mass is 10.1. The molecule has 3 N–H and O–H groups in total. The van der Waals surface area contributed by atoms with Crippen LogP contribution < -0.4 is 5.73 Å². The maximum atomic E-state index is 12.5. The van der Waals surface area contributed by atoms with Gasteiger partial charge in [0.25, 0.3) is 0 Å². The van der Waals surface area contributed by atoms with Gasteiger partial charge in [0.05, 0.1) is 13.2 Å². The Balaban J connectivity index is 4.28. The molecule has 0 spiro atoms. The minimum Gasteiger partial charge on any atom is -0.462 e. The molecule has 0 aromatic rings. The van der Waals surface area contributed by atoms with Crippen LogP contribution in [-0.2, 0) is 32.7 Å². The Bertz CT molecular complexity index is 805. The summed E-state index contributed by atoms with van der Waals surface area (Å²) in [4.78, 5) is 34.6. The van der Waals surface area contributed by atoms with Gasteiger partial charge in [0.2, 0.25) is 0 Å². The molecule has 9 nitrogen and oxygen atoms in total. The standard InChI is InChI=1S/C35H66NO8P/c1-3-5-7-9-11-13-15-16-17-18-20-22-24-26-28-35(38)44-33(32-43-45(39,40)42-30-29-36)31-41-34(37)27-25-23-21-19-14-12-10-8-6-4-2/h9,11,15-16,33H,3-8,10,12-14,17-32,36H2,1-2H3,(H,39,40)/b11-9+,16-15+/t33-/m1/s1. The molecule has 1 unspecified atom stereocenters. The van der Waals surface area contributed by atoms with E-state index in [0.717, 1.165) is 64.2 Å². The van der Waals surface area contributed by atoms with Crippen LogP contribution in [0.1, 0.15) is 155 Å². The molecule has 0 bridgehead atoms. The van der Waals surface area contributed by atoms with E-state index in [1.807, 2.05) is 0 Å². The highest BCUT2D eigenvalue weighted by Gasteiger charge is 2.25. The smallest absolute Gasteiger partial charge is 0.462 e. The van der Waals surface area contributed by atoms with Gasteiger partial charge in [-0.15, -0.1) is 0 Å². The third-order valence-corrected chi connectivity index (χ3v) is 8.32. The number of allylic oxidation sites excluding steroid dienone is 4. The predicted octanol–water partition coefficient (Wildman–Crippen LogP) is 9.27. The van der Waals surface area contributed by atoms with Crippen LogP contribution in [0.5, 0.6) is 0 Å². The normalized spacial score (nSPS) is 13.8. The maximum Gasteiger partial charge on any atom is 0.472 e. The van der Waals surface area contributed by atoms with Crippen LogP contribution in [0, 0.1) is 0 Å². The summed E-state index contributed by atoms with van der Waals surface area (Å²) in [6.07, 6.45) is 30.6. The lowest BCUT2D eigenvalue weighted by Crippen LogP contribution is -2.29. The van der Waals surface area contributed by atoms with Gasteiger partial charge in [-0.3, -0.25) is 18.6 Å². The first kappa shape index (κ1) is 43.5. The number of carbonyl (C=O) groups excluding carboxylic acids is 2. The second-order valence-corrected chi connectivity index (χ2v) is 13.2. The van der Waals surface area contributed by atoms with E-state index in [1.165, 1.54) is 57.8 Å². The molecule has 0 heterocycles. The molecule has 0 aliphatic carbocycles. The number of hydrogen-bond donors (Lipinski definition) is 2. The Morgan fingerprint density at radius 2 is 1.18 bits per heavy atom. The Morgan fingerprint density at radius 1 is 0.667 bits per heavy atom. The van der Waals surface area contributed by atoms with Crippen LogP contribution in [0.25, 0.3) is 0 Å². The monoisotopic (exact) mass is 659 g/mol. The molecule has 0 fully saturated rings. The van der Waals surface area contributed by atoms with Crippen LogP contribution in [-0.4, -0.2) is 49.3 Å². The van der Waals surface area contributed by atoms with Crippen molar-refractivity contribution in [2.75, 3.05) is 26.4 Å². The molecule has 2 atom stereocenters. The molecule has 0 saturated heterocycles. The highest BCUT2D eigenvalue weighted by molar-refractivity contribution is 7.47. The van der Waals surface area contributed by atoms with E-state index in [2.05, 4.69) is 38.2 Å². The summed E-state index contributed by atoms with van der Waals surface area (Å²) in [7, 11) is -4.37. The van der Waals surface area contributed by atoms with Crippen LogP contribution in [0.3, 0.4) is 0 Å². The molecule has 0 aromatic carbocycles.